The van der Waals surface area contributed by atoms with Gasteiger partial charge >= 0.3 is 0 Å². The summed E-state index contributed by atoms with van der Waals surface area (Å²) < 4.78 is 0. The molecular weight excluding hydrogens is 434 g/mol. The van der Waals surface area contributed by atoms with Gasteiger partial charge in [-0.3, -0.25) is 19.3 Å². The first kappa shape index (κ1) is 23.1. The van der Waals surface area contributed by atoms with E-state index in [-0.39, 0.29) is 6.54 Å². The van der Waals surface area contributed by atoms with E-state index >= 15 is 0 Å². The molecule has 33 heavy (non-hydrogen) atoms. The van der Waals surface area contributed by atoms with Crippen LogP contribution >= 0.6 is 11.8 Å². The molecule has 2 aliphatic heterocycles. The highest BCUT2D eigenvalue weighted by Crippen LogP contribution is 2.33. The molecule has 172 valence electrons. The molecular formula is C26H29N3O3S. The van der Waals surface area contributed by atoms with Crippen molar-refractivity contribution >= 4 is 46.3 Å². The number of hydrogen-bond acceptors (Lipinski definition) is 5. The van der Waals surface area contributed by atoms with Crippen LogP contribution in [0, 0.1) is 6.92 Å². The number of aryl methyl sites for hydroxylation is 1. The second-order valence-corrected chi connectivity index (χ2v) is 9.82. The van der Waals surface area contributed by atoms with Gasteiger partial charge in [0.25, 0.3) is 11.1 Å². The van der Waals surface area contributed by atoms with Crippen molar-refractivity contribution in [2.75, 3.05) is 29.9 Å². The maximum atomic E-state index is 12.8. The van der Waals surface area contributed by atoms with Crippen molar-refractivity contribution in [1.29, 1.82) is 0 Å². The maximum absolute atomic E-state index is 12.8. The highest BCUT2D eigenvalue weighted by Gasteiger charge is 2.36. The molecule has 0 bridgehead atoms. The van der Waals surface area contributed by atoms with Gasteiger partial charge in [-0.15, -0.1) is 0 Å². The molecule has 0 spiro atoms. The smallest absolute Gasteiger partial charge is 0.294 e. The molecule has 0 aromatic heterocycles. The molecule has 6 nitrogen and oxygen atoms in total. The van der Waals surface area contributed by atoms with Crippen LogP contribution in [-0.2, 0) is 9.59 Å². The third kappa shape index (κ3) is 5.30. The Balaban J connectivity index is 1.41. The SMILES string of the molecule is Cc1cc(N2CCCC2)ccc1/C=C1/SC(=O)N(CC(=O)Nc2ccc(C(C)C)cc2)C1=O. The number of rotatable bonds is 6. The fourth-order valence-electron chi connectivity index (χ4n) is 4.07. The summed E-state index contributed by atoms with van der Waals surface area (Å²) in [7, 11) is 0. The Morgan fingerprint density at radius 1 is 1.09 bits per heavy atom. The molecule has 2 heterocycles. The van der Waals surface area contributed by atoms with Crippen molar-refractivity contribution in [3.8, 4) is 0 Å². The molecule has 2 saturated heterocycles. The summed E-state index contributed by atoms with van der Waals surface area (Å²) in [6, 6.07) is 13.8. The van der Waals surface area contributed by atoms with E-state index in [1.807, 2.05) is 37.3 Å². The molecule has 7 heteroatoms. The number of benzene rings is 2. The zero-order valence-electron chi connectivity index (χ0n) is 19.3. The van der Waals surface area contributed by atoms with Crippen LogP contribution in [-0.4, -0.2) is 41.6 Å². The minimum atomic E-state index is -0.432. The van der Waals surface area contributed by atoms with Gasteiger partial charge in [0, 0.05) is 24.5 Å². The van der Waals surface area contributed by atoms with Crippen molar-refractivity contribution < 1.29 is 14.4 Å². The van der Waals surface area contributed by atoms with E-state index in [0.29, 0.717) is 16.5 Å². The number of imide groups is 1. The Kier molecular flexibility index (Phi) is 6.88. The lowest BCUT2D eigenvalue weighted by Crippen LogP contribution is -2.36. The van der Waals surface area contributed by atoms with Gasteiger partial charge in [-0.25, -0.2) is 0 Å². The van der Waals surface area contributed by atoms with Gasteiger partial charge in [0.05, 0.1) is 4.91 Å². The summed E-state index contributed by atoms with van der Waals surface area (Å²) in [6.45, 7) is 8.05. The fourth-order valence-corrected chi connectivity index (χ4v) is 4.90. The molecule has 0 atom stereocenters. The summed E-state index contributed by atoms with van der Waals surface area (Å²) in [4.78, 5) is 41.5. The van der Waals surface area contributed by atoms with E-state index in [9.17, 15) is 14.4 Å². The third-order valence-corrected chi connectivity index (χ3v) is 6.96. The van der Waals surface area contributed by atoms with Gasteiger partial charge in [-0.2, -0.15) is 0 Å². The maximum Gasteiger partial charge on any atom is 0.294 e. The lowest BCUT2D eigenvalue weighted by molar-refractivity contribution is -0.127. The normalized spacial score (nSPS) is 17.5. The summed E-state index contributed by atoms with van der Waals surface area (Å²) in [5, 5.41) is 2.34. The van der Waals surface area contributed by atoms with Crippen LogP contribution in [0.4, 0.5) is 16.2 Å². The number of hydrogen-bond donors (Lipinski definition) is 1. The molecule has 4 rings (SSSR count). The average Bonchev–Trinajstić information content (AvgIpc) is 3.40. The minimum absolute atomic E-state index is 0.305. The standard InChI is InChI=1S/C26H29N3O3S/c1-17(2)19-6-9-21(10-7-19)27-24(30)16-29-25(31)23(33-26(29)32)15-20-8-11-22(14-18(20)3)28-12-4-5-13-28/h6-11,14-15,17H,4-5,12-13,16H2,1-3H3,(H,27,30)/b23-15+. The first-order valence-corrected chi connectivity index (χ1v) is 12.1. The molecule has 3 amide bonds. The van der Waals surface area contributed by atoms with Crippen LogP contribution in [0.15, 0.2) is 47.4 Å². The Morgan fingerprint density at radius 2 is 1.79 bits per heavy atom. The molecule has 2 aromatic carbocycles. The van der Waals surface area contributed by atoms with Gasteiger partial charge in [-0.1, -0.05) is 32.0 Å². The molecule has 1 N–H and O–H groups in total. The highest BCUT2D eigenvalue weighted by atomic mass is 32.2. The average molecular weight is 464 g/mol. The second-order valence-electron chi connectivity index (χ2n) is 8.83. The Labute approximate surface area is 199 Å². The zero-order chi connectivity index (χ0) is 23.5. The van der Waals surface area contributed by atoms with Crippen LogP contribution in [0.3, 0.4) is 0 Å². The van der Waals surface area contributed by atoms with Gasteiger partial charge in [0.1, 0.15) is 6.54 Å². The van der Waals surface area contributed by atoms with E-state index in [2.05, 4.69) is 36.2 Å². The number of nitrogens with one attached hydrogen (secondary N) is 1. The first-order valence-electron chi connectivity index (χ1n) is 11.3. The molecule has 0 aliphatic carbocycles. The summed E-state index contributed by atoms with van der Waals surface area (Å²) in [5.41, 5.74) is 4.95. The predicted octanol–water partition coefficient (Wildman–Crippen LogP) is 5.39. The first-order chi connectivity index (χ1) is 15.8. The van der Waals surface area contributed by atoms with Crippen LogP contribution in [0.5, 0.6) is 0 Å². The number of anilines is 2. The van der Waals surface area contributed by atoms with E-state index < -0.39 is 17.1 Å². The highest BCUT2D eigenvalue weighted by molar-refractivity contribution is 8.18. The number of carbonyl (C=O) groups excluding carboxylic acids is 3. The molecule has 2 fully saturated rings. The van der Waals surface area contributed by atoms with Gasteiger partial charge in [-0.05, 0) is 84.5 Å². The Morgan fingerprint density at radius 3 is 2.42 bits per heavy atom. The Hall–Kier alpha value is -3.06. The monoisotopic (exact) mass is 463 g/mol. The largest absolute Gasteiger partial charge is 0.372 e. The molecule has 0 unspecified atom stereocenters. The minimum Gasteiger partial charge on any atom is -0.372 e. The van der Waals surface area contributed by atoms with Crippen molar-refractivity contribution in [2.24, 2.45) is 0 Å². The van der Waals surface area contributed by atoms with Crippen LogP contribution in [0.25, 0.3) is 6.08 Å². The zero-order valence-corrected chi connectivity index (χ0v) is 20.1. The lowest BCUT2D eigenvalue weighted by atomic mass is 10.0. The Bertz CT molecular complexity index is 1100. The van der Waals surface area contributed by atoms with Crippen LogP contribution in [0.1, 0.15) is 49.3 Å². The van der Waals surface area contributed by atoms with E-state index in [1.54, 1.807) is 6.08 Å². The predicted molar refractivity (Wildman–Crippen MR) is 134 cm³/mol. The van der Waals surface area contributed by atoms with Gasteiger partial charge < -0.3 is 10.2 Å². The second kappa shape index (κ2) is 9.83. The molecule has 0 saturated carbocycles. The lowest BCUT2D eigenvalue weighted by Gasteiger charge is -2.18. The van der Waals surface area contributed by atoms with Crippen LogP contribution in [0.2, 0.25) is 0 Å². The molecule has 2 aromatic rings. The third-order valence-electron chi connectivity index (χ3n) is 6.05. The van der Waals surface area contributed by atoms with Crippen molar-refractivity contribution in [3.63, 3.8) is 0 Å². The van der Waals surface area contributed by atoms with Gasteiger partial charge in [0.15, 0.2) is 0 Å². The van der Waals surface area contributed by atoms with Crippen molar-refractivity contribution in [1.82, 2.24) is 4.90 Å². The topological polar surface area (TPSA) is 69.7 Å². The summed E-state index contributed by atoms with van der Waals surface area (Å²) in [5.74, 6) is -0.433. The van der Waals surface area contributed by atoms with Crippen molar-refractivity contribution in [2.45, 2.75) is 39.5 Å². The fraction of sp³-hybridized carbons (Fsp3) is 0.346. The summed E-state index contributed by atoms with van der Waals surface area (Å²) in [6.07, 6.45) is 4.17. The van der Waals surface area contributed by atoms with Crippen LogP contribution < -0.4 is 10.2 Å². The summed E-state index contributed by atoms with van der Waals surface area (Å²) >= 11 is 0.876. The molecule has 2 aliphatic rings. The molecule has 0 radical (unpaired) electrons. The van der Waals surface area contributed by atoms with Crippen molar-refractivity contribution in [3.05, 3.63) is 64.1 Å². The number of nitrogens with zero attached hydrogens (tertiary/aromatic N) is 2. The number of carbonyl (C=O) groups is 3. The van der Waals surface area contributed by atoms with Gasteiger partial charge in [0.2, 0.25) is 5.91 Å². The van der Waals surface area contributed by atoms with E-state index in [0.717, 1.165) is 40.9 Å². The number of amides is 3. The quantitative estimate of drug-likeness (QED) is 0.582. The van der Waals surface area contributed by atoms with E-state index in [4.69, 9.17) is 0 Å². The van der Waals surface area contributed by atoms with E-state index in [1.165, 1.54) is 24.1 Å². The number of thioether (sulfide) groups is 1.